The molecular weight excluding hydrogens is 270 g/mol. The second-order valence-corrected chi connectivity index (χ2v) is 6.54. The summed E-state index contributed by atoms with van der Waals surface area (Å²) in [6.07, 6.45) is 0. The summed E-state index contributed by atoms with van der Waals surface area (Å²) in [6.45, 7) is 7.58. The van der Waals surface area contributed by atoms with Gasteiger partial charge in [-0.1, -0.05) is 11.6 Å². The zero-order valence-electron chi connectivity index (χ0n) is 12.2. The van der Waals surface area contributed by atoms with Crippen LogP contribution in [-0.4, -0.2) is 11.6 Å². The quantitative estimate of drug-likeness (QED) is 0.664. The molecule has 0 saturated carbocycles. The molecule has 2 aromatic rings. The van der Waals surface area contributed by atoms with Crippen molar-refractivity contribution < 1.29 is 9.53 Å². The minimum Gasteiger partial charge on any atom is -0.456 e. The second-order valence-electron chi connectivity index (χ2n) is 5.79. The smallest absolute Gasteiger partial charge is 0.340 e. The molecule has 1 aromatic heterocycles. The van der Waals surface area contributed by atoms with Crippen LogP contribution in [0.3, 0.4) is 0 Å². The Balaban J connectivity index is 2.43. The molecule has 20 heavy (non-hydrogen) atoms. The topological polar surface area (TPSA) is 52.3 Å². The van der Waals surface area contributed by atoms with E-state index in [0.29, 0.717) is 11.3 Å². The largest absolute Gasteiger partial charge is 0.456 e. The number of nitrogen functional groups attached to an aromatic ring is 1. The molecule has 2 rings (SSSR count). The van der Waals surface area contributed by atoms with E-state index in [1.54, 1.807) is 0 Å². The van der Waals surface area contributed by atoms with Crippen LogP contribution in [0.15, 0.2) is 29.0 Å². The average Bonchev–Trinajstić information content (AvgIpc) is 2.79. The third-order valence-corrected chi connectivity index (χ3v) is 3.52. The van der Waals surface area contributed by atoms with Gasteiger partial charge in [0.2, 0.25) is 0 Å². The normalized spacial score (nSPS) is 11.4. The van der Waals surface area contributed by atoms with E-state index >= 15 is 0 Å². The molecule has 0 fully saturated rings. The van der Waals surface area contributed by atoms with E-state index < -0.39 is 5.60 Å². The van der Waals surface area contributed by atoms with Crippen LogP contribution in [0.1, 0.15) is 36.7 Å². The van der Waals surface area contributed by atoms with Crippen molar-refractivity contribution in [1.29, 1.82) is 0 Å². The van der Waals surface area contributed by atoms with Gasteiger partial charge in [-0.15, -0.1) is 0 Å². The molecule has 0 aliphatic carbocycles. The van der Waals surface area contributed by atoms with Gasteiger partial charge < -0.3 is 10.5 Å². The van der Waals surface area contributed by atoms with Crippen LogP contribution in [-0.2, 0) is 4.74 Å². The lowest BCUT2D eigenvalue weighted by atomic mass is 10.0. The number of aryl methyl sites for hydroxylation is 1. The van der Waals surface area contributed by atoms with E-state index in [2.05, 4.69) is 0 Å². The second kappa shape index (κ2) is 5.29. The SMILES string of the molecule is Cc1ccc(N)c(-c2cscc2C(=O)OC(C)(C)C)c1. The number of thiophene rings is 1. The maximum Gasteiger partial charge on any atom is 0.340 e. The number of carbonyl (C=O) groups excluding carboxylic acids is 1. The Bertz CT molecular complexity index is 638. The third-order valence-electron chi connectivity index (χ3n) is 2.78. The average molecular weight is 289 g/mol. The van der Waals surface area contributed by atoms with Crippen molar-refractivity contribution in [2.75, 3.05) is 5.73 Å². The number of rotatable bonds is 2. The van der Waals surface area contributed by atoms with Gasteiger partial charge in [0.1, 0.15) is 5.60 Å². The molecule has 0 radical (unpaired) electrons. The molecule has 0 saturated heterocycles. The number of carbonyl (C=O) groups is 1. The van der Waals surface area contributed by atoms with E-state index in [-0.39, 0.29) is 5.97 Å². The molecular formula is C16H19NO2S. The monoisotopic (exact) mass is 289 g/mol. The van der Waals surface area contributed by atoms with Gasteiger partial charge in [0.15, 0.2) is 0 Å². The van der Waals surface area contributed by atoms with E-state index in [1.807, 2.05) is 56.7 Å². The fraction of sp³-hybridized carbons (Fsp3) is 0.312. The molecule has 1 aromatic carbocycles. The van der Waals surface area contributed by atoms with Crippen LogP contribution in [0.25, 0.3) is 11.1 Å². The van der Waals surface area contributed by atoms with Crippen LogP contribution in [0.4, 0.5) is 5.69 Å². The highest BCUT2D eigenvalue weighted by Gasteiger charge is 2.22. The van der Waals surface area contributed by atoms with E-state index in [0.717, 1.165) is 16.7 Å². The number of hydrogen-bond acceptors (Lipinski definition) is 4. The van der Waals surface area contributed by atoms with Gasteiger partial charge in [0, 0.05) is 22.2 Å². The van der Waals surface area contributed by atoms with Crippen molar-refractivity contribution in [3.05, 3.63) is 40.1 Å². The summed E-state index contributed by atoms with van der Waals surface area (Å²) in [5, 5.41) is 3.75. The highest BCUT2D eigenvalue weighted by Crippen LogP contribution is 2.33. The molecule has 1 heterocycles. The molecule has 2 N–H and O–H groups in total. The third kappa shape index (κ3) is 3.20. The van der Waals surface area contributed by atoms with Crippen LogP contribution in [0.5, 0.6) is 0 Å². The van der Waals surface area contributed by atoms with Crippen molar-refractivity contribution in [3.8, 4) is 11.1 Å². The number of nitrogens with two attached hydrogens (primary N) is 1. The van der Waals surface area contributed by atoms with Crippen LogP contribution in [0.2, 0.25) is 0 Å². The van der Waals surface area contributed by atoms with E-state index in [1.165, 1.54) is 11.3 Å². The van der Waals surface area contributed by atoms with Gasteiger partial charge >= 0.3 is 5.97 Å². The predicted molar refractivity (Wildman–Crippen MR) is 84.1 cm³/mol. The molecule has 0 bridgehead atoms. The van der Waals surface area contributed by atoms with Gasteiger partial charge in [-0.05, 0) is 45.2 Å². The number of benzene rings is 1. The summed E-state index contributed by atoms with van der Waals surface area (Å²) in [7, 11) is 0. The molecule has 3 nitrogen and oxygen atoms in total. The summed E-state index contributed by atoms with van der Waals surface area (Å²) >= 11 is 1.47. The Hall–Kier alpha value is -1.81. The van der Waals surface area contributed by atoms with Crippen molar-refractivity contribution in [3.63, 3.8) is 0 Å². The number of ether oxygens (including phenoxy) is 1. The van der Waals surface area contributed by atoms with Crippen LogP contribution < -0.4 is 5.73 Å². The Morgan fingerprint density at radius 1 is 1.20 bits per heavy atom. The standard InChI is InChI=1S/C16H19NO2S/c1-10-5-6-14(17)11(7-10)12-8-20-9-13(12)15(18)19-16(2,3)4/h5-9H,17H2,1-4H3. The number of esters is 1. The summed E-state index contributed by atoms with van der Waals surface area (Å²) in [4.78, 5) is 12.3. The van der Waals surface area contributed by atoms with E-state index in [9.17, 15) is 4.79 Å². The molecule has 4 heteroatoms. The van der Waals surface area contributed by atoms with Crippen molar-refractivity contribution in [2.45, 2.75) is 33.3 Å². The zero-order valence-corrected chi connectivity index (χ0v) is 13.0. The first-order valence-electron chi connectivity index (χ1n) is 6.44. The molecule has 106 valence electrons. The highest BCUT2D eigenvalue weighted by molar-refractivity contribution is 7.08. The van der Waals surface area contributed by atoms with Crippen molar-refractivity contribution in [1.82, 2.24) is 0 Å². The fourth-order valence-corrected chi connectivity index (χ4v) is 2.72. The summed E-state index contributed by atoms with van der Waals surface area (Å²) < 4.78 is 5.44. The van der Waals surface area contributed by atoms with Gasteiger partial charge in [0.25, 0.3) is 0 Å². The molecule has 0 atom stereocenters. The minimum atomic E-state index is -0.506. The molecule has 0 spiro atoms. The highest BCUT2D eigenvalue weighted by atomic mass is 32.1. The Morgan fingerprint density at radius 2 is 1.90 bits per heavy atom. The zero-order chi connectivity index (χ0) is 14.9. The van der Waals surface area contributed by atoms with Crippen molar-refractivity contribution >= 4 is 23.0 Å². The first kappa shape index (κ1) is 14.6. The first-order valence-corrected chi connectivity index (χ1v) is 7.38. The molecule has 0 amide bonds. The molecule has 0 aliphatic heterocycles. The maximum atomic E-state index is 12.3. The number of hydrogen-bond donors (Lipinski definition) is 1. The number of anilines is 1. The van der Waals surface area contributed by atoms with Crippen molar-refractivity contribution in [2.24, 2.45) is 0 Å². The van der Waals surface area contributed by atoms with Gasteiger partial charge in [-0.2, -0.15) is 11.3 Å². The lowest BCUT2D eigenvalue weighted by Crippen LogP contribution is -2.23. The summed E-state index contributed by atoms with van der Waals surface area (Å²) in [5.74, 6) is -0.311. The first-order chi connectivity index (χ1) is 9.28. The van der Waals surface area contributed by atoms with Gasteiger partial charge in [0.05, 0.1) is 5.56 Å². The fourth-order valence-electron chi connectivity index (χ4n) is 1.90. The molecule has 0 unspecified atom stereocenters. The van der Waals surface area contributed by atoms with Gasteiger partial charge in [-0.25, -0.2) is 4.79 Å². The Kier molecular flexibility index (Phi) is 3.86. The molecule has 0 aliphatic rings. The maximum absolute atomic E-state index is 12.3. The van der Waals surface area contributed by atoms with Crippen LogP contribution in [0, 0.1) is 6.92 Å². The Labute approximate surface area is 123 Å². The summed E-state index contributed by atoms with van der Waals surface area (Å²) in [5.41, 5.74) is 9.59. The minimum absolute atomic E-state index is 0.311. The van der Waals surface area contributed by atoms with Crippen LogP contribution >= 0.6 is 11.3 Å². The predicted octanol–water partition coefficient (Wildman–Crippen LogP) is 4.26. The van der Waals surface area contributed by atoms with E-state index in [4.69, 9.17) is 10.5 Å². The lowest BCUT2D eigenvalue weighted by Gasteiger charge is -2.19. The van der Waals surface area contributed by atoms with Gasteiger partial charge in [-0.3, -0.25) is 0 Å². The summed E-state index contributed by atoms with van der Waals surface area (Å²) in [6, 6.07) is 5.81. The Morgan fingerprint density at radius 3 is 2.55 bits per heavy atom. The lowest BCUT2D eigenvalue weighted by molar-refractivity contribution is 0.00711.